The summed E-state index contributed by atoms with van der Waals surface area (Å²) in [5.74, 6) is -0.832. The third-order valence-electron chi connectivity index (χ3n) is 1.34. The molecule has 0 bridgehead atoms. The van der Waals surface area contributed by atoms with E-state index in [0.717, 1.165) is 13.0 Å². The van der Waals surface area contributed by atoms with Crippen molar-refractivity contribution in [2.24, 2.45) is 0 Å². The Bertz CT molecular complexity index is 319. The summed E-state index contributed by atoms with van der Waals surface area (Å²) in [7, 11) is 0. The minimum atomic E-state index is -1.56. The molecule has 1 rings (SSSR count). The number of halogens is 3. The largest absolute Gasteiger partial charge is 0.458 e. The van der Waals surface area contributed by atoms with Gasteiger partial charge in [0, 0.05) is 23.2 Å². The van der Waals surface area contributed by atoms with Crippen molar-refractivity contribution in [2.45, 2.75) is 27.1 Å². The summed E-state index contributed by atoms with van der Waals surface area (Å²) >= 11 is 3.03. The van der Waals surface area contributed by atoms with Gasteiger partial charge in [-0.15, -0.1) is 0 Å². The summed E-state index contributed by atoms with van der Waals surface area (Å²) in [6, 6.07) is 2.36. The molecule has 1 aromatic rings. The first-order valence-corrected chi connectivity index (χ1v) is 5.35. The first-order valence-electron chi connectivity index (χ1n) is 4.56. The fourth-order valence-corrected chi connectivity index (χ4v) is 1.13. The third-order valence-corrected chi connectivity index (χ3v) is 2.03. The Labute approximate surface area is 96.5 Å². The van der Waals surface area contributed by atoms with Crippen molar-refractivity contribution >= 4 is 21.6 Å². The fraction of sp³-hybridized carbons (Fsp3) is 0.400. The Morgan fingerprint density at radius 1 is 1.40 bits per heavy atom. The van der Waals surface area contributed by atoms with E-state index in [4.69, 9.17) is 5.73 Å². The van der Waals surface area contributed by atoms with Crippen molar-refractivity contribution in [2.75, 3.05) is 5.73 Å². The number of nitrogen functional groups attached to an aromatic ring is 1. The van der Waals surface area contributed by atoms with E-state index in [9.17, 15) is 8.78 Å². The van der Waals surface area contributed by atoms with Gasteiger partial charge in [0.2, 0.25) is 6.36 Å². The standard InChI is InChI=1S/C8H8BrF2NO.C2H6/c1-4(10)13-8-3-7(12)5(9)2-6(8)11;1-2/h2-4H,12H2,1H3;1-2H3. The number of anilines is 1. The molecule has 0 aromatic heterocycles. The predicted molar refractivity (Wildman–Crippen MR) is 61.1 cm³/mol. The van der Waals surface area contributed by atoms with Crippen LogP contribution < -0.4 is 10.5 Å². The van der Waals surface area contributed by atoms with Gasteiger partial charge >= 0.3 is 0 Å². The van der Waals surface area contributed by atoms with Crippen molar-refractivity contribution < 1.29 is 13.5 Å². The van der Waals surface area contributed by atoms with Crippen LogP contribution >= 0.6 is 15.9 Å². The minimum absolute atomic E-state index is 0.185. The molecule has 0 saturated carbocycles. The van der Waals surface area contributed by atoms with Crippen LogP contribution in [0.15, 0.2) is 16.6 Å². The van der Waals surface area contributed by atoms with Crippen molar-refractivity contribution in [1.82, 2.24) is 0 Å². The summed E-state index contributed by atoms with van der Waals surface area (Å²) < 4.78 is 30.3. The topological polar surface area (TPSA) is 35.2 Å². The molecule has 5 heteroatoms. The average molecular weight is 282 g/mol. The highest BCUT2D eigenvalue weighted by molar-refractivity contribution is 9.10. The smallest absolute Gasteiger partial charge is 0.235 e. The zero-order valence-corrected chi connectivity index (χ0v) is 10.4. The van der Waals surface area contributed by atoms with E-state index in [-0.39, 0.29) is 5.75 Å². The Balaban J connectivity index is 0.000000921. The second-order valence-electron chi connectivity index (χ2n) is 2.47. The SMILES string of the molecule is CC.CC(F)Oc1cc(N)c(Br)cc1F. The van der Waals surface area contributed by atoms with E-state index in [0.29, 0.717) is 10.2 Å². The number of hydrogen-bond donors (Lipinski definition) is 1. The fourth-order valence-electron chi connectivity index (χ4n) is 0.810. The van der Waals surface area contributed by atoms with E-state index in [1.54, 1.807) is 0 Å². The normalized spacial score (nSPS) is 11.3. The molecule has 1 atom stereocenters. The third kappa shape index (κ3) is 4.46. The van der Waals surface area contributed by atoms with Crippen LogP contribution in [0, 0.1) is 5.82 Å². The number of ether oxygens (including phenoxy) is 1. The molecule has 0 heterocycles. The van der Waals surface area contributed by atoms with Crippen LogP contribution in [0.5, 0.6) is 5.75 Å². The summed E-state index contributed by atoms with van der Waals surface area (Å²) in [5.41, 5.74) is 5.75. The quantitative estimate of drug-likeness (QED) is 0.835. The van der Waals surface area contributed by atoms with Gasteiger partial charge in [0.1, 0.15) is 0 Å². The van der Waals surface area contributed by atoms with Gasteiger partial charge in [0.25, 0.3) is 0 Å². The first-order chi connectivity index (χ1) is 7.00. The number of nitrogens with two attached hydrogens (primary N) is 1. The molecule has 15 heavy (non-hydrogen) atoms. The van der Waals surface area contributed by atoms with Gasteiger partial charge in [-0.3, -0.25) is 0 Å². The van der Waals surface area contributed by atoms with Crippen LogP contribution in [0.4, 0.5) is 14.5 Å². The van der Waals surface area contributed by atoms with Gasteiger partial charge in [0.05, 0.1) is 0 Å². The lowest BCUT2D eigenvalue weighted by molar-refractivity contribution is 0.0815. The molecule has 1 aromatic carbocycles. The molecule has 0 aliphatic heterocycles. The molecule has 0 spiro atoms. The van der Waals surface area contributed by atoms with Crippen molar-refractivity contribution in [3.8, 4) is 5.75 Å². The second kappa shape index (κ2) is 6.61. The summed E-state index contributed by atoms with van der Waals surface area (Å²) in [6.45, 7) is 5.16. The number of alkyl halides is 1. The highest BCUT2D eigenvalue weighted by Gasteiger charge is 2.09. The van der Waals surface area contributed by atoms with E-state index >= 15 is 0 Å². The molecule has 1 unspecified atom stereocenters. The van der Waals surface area contributed by atoms with Crippen LogP contribution in [0.25, 0.3) is 0 Å². The van der Waals surface area contributed by atoms with E-state index in [1.807, 2.05) is 13.8 Å². The highest BCUT2D eigenvalue weighted by Crippen LogP contribution is 2.28. The molecular formula is C10H14BrF2NO. The molecule has 2 N–H and O–H groups in total. The lowest BCUT2D eigenvalue weighted by Gasteiger charge is -2.09. The summed E-state index contributed by atoms with van der Waals surface area (Å²) in [4.78, 5) is 0. The maximum atomic E-state index is 13.0. The first kappa shape index (κ1) is 14.2. The van der Waals surface area contributed by atoms with E-state index in [2.05, 4.69) is 20.7 Å². The molecule has 0 amide bonds. The molecule has 2 nitrogen and oxygen atoms in total. The molecule has 86 valence electrons. The van der Waals surface area contributed by atoms with Crippen LogP contribution in [0.2, 0.25) is 0 Å². The Hall–Kier alpha value is -0.840. The van der Waals surface area contributed by atoms with Crippen molar-refractivity contribution in [3.63, 3.8) is 0 Å². The van der Waals surface area contributed by atoms with Gasteiger partial charge in [-0.05, 0) is 22.0 Å². The maximum absolute atomic E-state index is 13.0. The molecule has 0 aliphatic rings. The van der Waals surface area contributed by atoms with Gasteiger partial charge in [-0.2, -0.15) is 0 Å². The van der Waals surface area contributed by atoms with Gasteiger partial charge in [0.15, 0.2) is 11.6 Å². The lowest BCUT2D eigenvalue weighted by atomic mass is 10.3. The van der Waals surface area contributed by atoms with Gasteiger partial charge in [-0.1, -0.05) is 13.8 Å². The molecule has 0 fully saturated rings. The van der Waals surface area contributed by atoms with Crippen LogP contribution in [-0.2, 0) is 0 Å². The monoisotopic (exact) mass is 281 g/mol. The Kier molecular flexibility index (Phi) is 6.24. The van der Waals surface area contributed by atoms with E-state index < -0.39 is 12.2 Å². The molecule has 0 aliphatic carbocycles. The zero-order chi connectivity index (χ0) is 12.0. The zero-order valence-electron chi connectivity index (χ0n) is 8.85. The van der Waals surface area contributed by atoms with Crippen LogP contribution in [0.1, 0.15) is 20.8 Å². The summed E-state index contributed by atoms with van der Waals surface area (Å²) in [5, 5.41) is 0. The van der Waals surface area contributed by atoms with Gasteiger partial charge in [-0.25, -0.2) is 8.78 Å². The molecule has 0 radical (unpaired) electrons. The maximum Gasteiger partial charge on any atom is 0.235 e. The minimum Gasteiger partial charge on any atom is -0.458 e. The number of benzene rings is 1. The average Bonchev–Trinajstić information content (AvgIpc) is 2.17. The number of rotatable bonds is 2. The van der Waals surface area contributed by atoms with Crippen molar-refractivity contribution in [1.29, 1.82) is 0 Å². The van der Waals surface area contributed by atoms with E-state index in [1.165, 1.54) is 6.07 Å². The highest BCUT2D eigenvalue weighted by atomic mass is 79.9. The van der Waals surface area contributed by atoms with Gasteiger partial charge < -0.3 is 10.5 Å². The van der Waals surface area contributed by atoms with Crippen LogP contribution in [0.3, 0.4) is 0 Å². The second-order valence-corrected chi connectivity index (χ2v) is 3.32. The number of hydrogen-bond acceptors (Lipinski definition) is 2. The van der Waals surface area contributed by atoms with Crippen molar-refractivity contribution in [3.05, 3.63) is 22.4 Å². The van der Waals surface area contributed by atoms with Crippen LogP contribution in [-0.4, -0.2) is 6.36 Å². The predicted octanol–water partition coefficient (Wildman–Crippen LogP) is 3.89. The summed E-state index contributed by atoms with van der Waals surface area (Å²) in [6.07, 6.45) is -1.56. The Morgan fingerprint density at radius 2 is 1.93 bits per heavy atom. The Morgan fingerprint density at radius 3 is 2.40 bits per heavy atom. The lowest BCUT2D eigenvalue weighted by Crippen LogP contribution is -2.05. The molecular weight excluding hydrogens is 268 g/mol. The molecule has 0 saturated heterocycles.